The highest BCUT2D eigenvalue weighted by atomic mass is 16.5. The van der Waals surface area contributed by atoms with E-state index >= 15 is 0 Å². The van der Waals surface area contributed by atoms with Crippen LogP contribution >= 0.6 is 0 Å². The Kier molecular flexibility index (Phi) is 4.95. The number of nitrogens with zero attached hydrogens (tertiary/aromatic N) is 1. The van der Waals surface area contributed by atoms with Crippen LogP contribution in [-0.4, -0.2) is 30.2 Å². The number of hydrogen-bond acceptors (Lipinski definition) is 5. The second-order valence-corrected chi connectivity index (χ2v) is 5.43. The van der Waals surface area contributed by atoms with Crippen LogP contribution in [0, 0.1) is 0 Å². The molecule has 1 aliphatic carbocycles. The molecule has 1 saturated carbocycles. The van der Waals surface area contributed by atoms with Gasteiger partial charge in [-0.3, -0.25) is 0 Å². The standard InChI is InChI=1S/C15H22N2O3/c1-19-14(18)13-10-12(6-9-17-13)20-11-15(16)7-4-2-3-5-8-15/h6,9-10H,2-5,7-8,11,16H2,1H3. The molecule has 110 valence electrons. The van der Waals surface area contributed by atoms with Gasteiger partial charge >= 0.3 is 5.97 Å². The fraction of sp³-hybridized carbons (Fsp3) is 0.600. The van der Waals surface area contributed by atoms with Crippen LogP contribution in [0.5, 0.6) is 5.75 Å². The van der Waals surface area contributed by atoms with Crippen LogP contribution in [0.25, 0.3) is 0 Å². The molecule has 1 aromatic rings. The summed E-state index contributed by atoms with van der Waals surface area (Å²) in [6.07, 6.45) is 8.33. The molecule has 0 atom stereocenters. The lowest BCUT2D eigenvalue weighted by Gasteiger charge is -2.27. The summed E-state index contributed by atoms with van der Waals surface area (Å²) >= 11 is 0. The number of methoxy groups -OCH3 is 1. The normalized spacial score (nSPS) is 18.1. The summed E-state index contributed by atoms with van der Waals surface area (Å²) in [4.78, 5) is 15.4. The first kappa shape index (κ1) is 14.8. The van der Waals surface area contributed by atoms with E-state index in [1.165, 1.54) is 26.1 Å². The number of rotatable bonds is 4. The zero-order chi connectivity index (χ0) is 14.4. The van der Waals surface area contributed by atoms with Gasteiger partial charge < -0.3 is 15.2 Å². The van der Waals surface area contributed by atoms with Crippen molar-refractivity contribution in [1.29, 1.82) is 0 Å². The van der Waals surface area contributed by atoms with Crippen LogP contribution in [0.2, 0.25) is 0 Å². The van der Waals surface area contributed by atoms with Crippen molar-refractivity contribution in [2.45, 2.75) is 44.1 Å². The van der Waals surface area contributed by atoms with Gasteiger partial charge in [-0.25, -0.2) is 9.78 Å². The molecule has 0 aliphatic heterocycles. The molecule has 1 fully saturated rings. The third-order valence-electron chi connectivity index (χ3n) is 3.75. The van der Waals surface area contributed by atoms with Gasteiger partial charge in [0.2, 0.25) is 0 Å². The van der Waals surface area contributed by atoms with Crippen molar-refractivity contribution < 1.29 is 14.3 Å². The topological polar surface area (TPSA) is 74.4 Å². The predicted octanol–water partition coefficient (Wildman–Crippen LogP) is 2.30. The molecule has 5 nitrogen and oxygen atoms in total. The SMILES string of the molecule is COC(=O)c1cc(OCC2(N)CCCCCC2)ccn1. The summed E-state index contributed by atoms with van der Waals surface area (Å²) in [6, 6.07) is 3.32. The maximum Gasteiger partial charge on any atom is 0.356 e. The van der Waals surface area contributed by atoms with E-state index in [9.17, 15) is 4.79 Å². The summed E-state index contributed by atoms with van der Waals surface area (Å²) < 4.78 is 10.4. The van der Waals surface area contributed by atoms with Gasteiger partial charge in [-0.1, -0.05) is 25.7 Å². The highest BCUT2D eigenvalue weighted by Crippen LogP contribution is 2.26. The lowest BCUT2D eigenvalue weighted by atomic mass is 9.92. The minimum atomic E-state index is -0.465. The first-order chi connectivity index (χ1) is 9.63. The molecule has 20 heavy (non-hydrogen) atoms. The average Bonchev–Trinajstić information content (AvgIpc) is 2.70. The molecule has 1 aliphatic rings. The van der Waals surface area contributed by atoms with E-state index in [0.29, 0.717) is 12.4 Å². The summed E-state index contributed by atoms with van der Waals surface area (Å²) in [5.74, 6) is 0.141. The van der Waals surface area contributed by atoms with E-state index < -0.39 is 5.97 Å². The van der Waals surface area contributed by atoms with Gasteiger partial charge in [0.15, 0.2) is 5.69 Å². The Bertz CT molecular complexity index is 454. The molecule has 0 saturated heterocycles. The predicted molar refractivity (Wildman–Crippen MR) is 75.7 cm³/mol. The molecule has 2 rings (SSSR count). The Labute approximate surface area is 119 Å². The fourth-order valence-corrected chi connectivity index (χ4v) is 2.52. The number of carbonyl (C=O) groups is 1. The minimum absolute atomic E-state index is 0.247. The molecule has 1 aromatic heterocycles. The molecule has 0 radical (unpaired) electrons. The number of pyridine rings is 1. The third kappa shape index (κ3) is 3.93. The summed E-state index contributed by atoms with van der Waals surface area (Å²) in [7, 11) is 1.33. The largest absolute Gasteiger partial charge is 0.492 e. The Morgan fingerprint density at radius 2 is 2.05 bits per heavy atom. The van der Waals surface area contributed by atoms with Crippen LogP contribution in [0.4, 0.5) is 0 Å². The van der Waals surface area contributed by atoms with Gasteiger partial charge in [0.25, 0.3) is 0 Å². The Balaban J connectivity index is 1.97. The number of carbonyl (C=O) groups excluding carboxylic acids is 1. The molecular weight excluding hydrogens is 256 g/mol. The monoisotopic (exact) mass is 278 g/mol. The van der Waals surface area contributed by atoms with Gasteiger partial charge in [-0.15, -0.1) is 0 Å². The second kappa shape index (κ2) is 6.70. The zero-order valence-corrected chi connectivity index (χ0v) is 11.9. The Hall–Kier alpha value is -1.62. The molecule has 1 heterocycles. The van der Waals surface area contributed by atoms with Crippen molar-refractivity contribution in [3.05, 3.63) is 24.0 Å². The van der Waals surface area contributed by atoms with Crippen molar-refractivity contribution in [2.24, 2.45) is 5.73 Å². The van der Waals surface area contributed by atoms with Gasteiger partial charge in [-0.05, 0) is 18.9 Å². The van der Waals surface area contributed by atoms with Gasteiger partial charge in [0.05, 0.1) is 12.6 Å². The first-order valence-electron chi connectivity index (χ1n) is 7.09. The third-order valence-corrected chi connectivity index (χ3v) is 3.75. The van der Waals surface area contributed by atoms with Crippen LogP contribution in [0.1, 0.15) is 49.0 Å². The average molecular weight is 278 g/mol. The van der Waals surface area contributed by atoms with E-state index in [0.717, 1.165) is 25.7 Å². The van der Waals surface area contributed by atoms with Crippen LogP contribution in [0.3, 0.4) is 0 Å². The van der Waals surface area contributed by atoms with Crippen molar-refractivity contribution in [3.8, 4) is 5.75 Å². The zero-order valence-electron chi connectivity index (χ0n) is 11.9. The van der Waals surface area contributed by atoms with Gasteiger partial charge in [-0.2, -0.15) is 0 Å². The number of nitrogens with two attached hydrogens (primary N) is 1. The van der Waals surface area contributed by atoms with E-state index in [1.807, 2.05) is 0 Å². The van der Waals surface area contributed by atoms with Crippen molar-refractivity contribution in [3.63, 3.8) is 0 Å². The molecular formula is C15H22N2O3. The van der Waals surface area contributed by atoms with E-state index in [2.05, 4.69) is 9.72 Å². The fourth-order valence-electron chi connectivity index (χ4n) is 2.52. The highest BCUT2D eigenvalue weighted by molar-refractivity contribution is 5.87. The van der Waals surface area contributed by atoms with Crippen molar-refractivity contribution in [1.82, 2.24) is 4.98 Å². The summed E-state index contributed by atoms with van der Waals surface area (Å²) in [5.41, 5.74) is 6.39. The first-order valence-corrected chi connectivity index (χ1v) is 7.09. The Morgan fingerprint density at radius 3 is 2.70 bits per heavy atom. The van der Waals surface area contributed by atoms with E-state index in [1.54, 1.807) is 12.1 Å². The molecule has 5 heteroatoms. The number of esters is 1. The number of ether oxygens (including phenoxy) is 2. The van der Waals surface area contributed by atoms with E-state index in [-0.39, 0.29) is 11.2 Å². The smallest absolute Gasteiger partial charge is 0.356 e. The molecule has 0 bridgehead atoms. The molecule has 0 spiro atoms. The van der Waals surface area contributed by atoms with Crippen LogP contribution in [-0.2, 0) is 4.74 Å². The molecule has 2 N–H and O–H groups in total. The van der Waals surface area contributed by atoms with Crippen LogP contribution in [0.15, 0.2) is 18.3 Å². The van der Waals surface area contributed by atoms with Crippen molar-refractivity contribution in [2.75, 3.05) is 13.7 Å². The summed E-state index contributed by atoms with van der Waals surface area (Å²) in [5, 5.41) is 0. The maximum atomic E-state index is 11.4. The lowest BCUT2D eigenvalue weighted by molar-refractivity contribution is 0.0593. The van der Waals surface area contributed by atoms with E-state index in [4.69, 9.17) is 10.5 Å². The van der Waals surface area contributed by atoms with Gasteiger partial charge in [0.1, 0.15) is 12.4 Å². The number of hydrogen-bond donors (Lipinski definition) is 1. The van der Waals surface area contributed by atoms with Crippen molar-refractivity contribution >= 4 is 5.97 Å². The quantitative estimate of drug-likeness (QED) is 0.675. The summed E-state index contributed by atoms with van der Waals surface area (Å²) in [6.45, 7) is 0.470. The lowest BCUT2D eigenvalue weighted by Crippen LogP contribution is -2.45. The minimum Gasteiger partial charge on any atom is -0.492 e. The Morgan fingerprint density at radius 1 is 1.35 bits per heavy atom. The molecule has 0 unspecified atom stereocenters. The highest BCUT2D eigenvalue weighted by Gasteiger charge is 2.27. The number of aromatic nitrogens is 1. The molecule has 0 amide bonds. The molecule has 0 aromatic carbocycles. The maximum absolute atomic E-state index is 11.4. The van der Waals surface area contributed by atoms with Crippen LogP contribution < -0.4 is 10.5 Å². The van der Waals surface area contributed by atoms with Gasteiger partial charge in [0, 0.05) is 12.3 Å². The second-order valence-electron chi connectivity index (χ2n) is 5.43.